The third-order valence-corrected chi connectivity index (χ3v) is 3.73. The van der Waals surface area contributed by atoms with E-state index in [2.05, 4.69) is 42.0 Å². The molecule has 0 aromatic heterocycles. The molecule has 1 nitrogen and oxygen atoms in total. The molecule has 0 radical (unpaired) electrons. The summed E-state index contributed by atoms with van der Waals surface area (Å²) in [7, 11) is 1.97. The lowest BCUT2D eigenvalue weighted by atomic mass is 9.86. The van der Waals surface area contributed by atoms with Crippen LogP contribution in [-0.4, -0.2) is 13.1 Å². The van der Waals surface area contributed by atoms with E-state index in [-0.39, 0.29) is 5.82 Å². The van der Waals surface area contributed by atoms with Crippen molar-refractivity contribution in [1.82, 2.24) is 5.32 Å². The SMILES string of the molecule is CNC(C(C)C)C(C)c1ccc(F)cc1Br. The van der Waals surface area contributed by atoms with E-state index in [4.69, 9.17) is 0 Å². The highest BCUT2D eigenvalue weighted by atomic mass is 79.9. The number of halogens is 2. The molecule has 1 aromatic rings. The van der Waals surface area contributed by atoms with Crippen LogP contribution in [0.3, 0.4) is 0 Å². The molecule has 0 heterocycles. The van der Waals surface area contributed by atoms with Crippen molar-refractivity contribution in [2.75, 3.05) is 7.05 Å². The van der Waals surface area contributed by atoms with Gasteiger partial charge in [-0.25, -0.2) is 4.39 Å². The summed E-state index contributed by atoms with van der Waals surface area (Å²) in [4.78, 5) is 0. The van der Waals surface area contributed by atoms with Gasteiger partial charge in [0.05, 0.1) is 0 Å². The first-order valence-electron chi connectivity index (χ1n) is 5.59. The van der Waals surface area contributed by atoms with Crippen LogP contribution in [0.15, 0.2) is 22.7 Å². The molecule has 0 fully saturated rings. The summed E-state index contributed by atoms with van der Waals surface area (Å²) in [5, 5.41) is 3.33. The molecule has 0 aliphatic carbocycles. The quantitative estimate of drug-likeness (QED) is 0.885. The second-order valence-corrected chi connectivity index (χ2v) is 5.37. The molecule has 2 unspecified atom stereocenters. The molecule has 1 aromatic carbocycles. The van der Waals surface area contributed by atoms with Gasteiger partial charge in [-0.15, -0.1) is 0 Å². The Morgan fingerprint density at radius 2 is 1.88 bits per heavy atom. The van der Waals surface area contributed by atoms with Gasteiger partial charge in [0.1, 0.15) is 5.82 Å². The Kier molecular flexibility index (Phi) is 4.93. The number of benzene rings is 1. The Morgan fingerprint density at radius 3 is 2.31 bits per heavy atom. The molecule has 0 saturated carbocycles. The molecule has 2 atom stereocenters. The maximum atomic E-state index is 13.0. The Labute approximate surface area is 106 Å². The van der Waals surface area contributed by atoms with Crippen LogP contribution in [0.5, 0.6) is 0 Å². The first-order valence-corrected chi connectivity index (χ1v) is 6.39. The molecule has 90 valence electrons. The monoisotopic (exact) mass is 287 g/mol. The molecular weight excluding hydrogens is 269 g/mol. The summed E-state index contributed by atoms with van der Waals surface area (Å²) >= 11 is 3.43. The summed E-state index contributed by atoms with van der Waals surface area (Å²) in [6.07, 6.45) is 0. The van der Waals surface area contributed by atoms with E-state index >= 15 is 0 Å². The number of rotatable bonds is 4. The first kappa shape index (κ1) is 13.7. The number of likely N-dealkylation sites (N-methyl/N-ethyl adjacent to an activating group) is 1. The Bertz CT molecular complexity index is 352. The van der Waals surface area contributed by atoms with E-state index in [0.29, 0.717) is 17.9 Å². The van der Waals surface area contributed by atoms with E-state index in [1.807, 2.05) is 13.1 Å². The number of hydrogen-bond donors (Lipinski definition) is 1. The zero-order chi connectivity index (χ0) is 12.3. The molecular formula is C13H19BrFN. The van der Waals surface area contributed by atoms with Crippen LogP contribution in [0.2, 0.25) is 0 Å². The fraction of sp³-hybridized carbons (Fsp3) is 0.538. The van der Waals surface area contributed by atoms with Crippen molar-refractivity contribution in [2.45, 2.75) is 32.7 Å². The van der Waals surface area contributed by atoms with Crippen molar-refractivity contribution < 1.29 is 4.39 Å². The van der Waals surface area contributed by atoms with Gasteiger partial charge in [-0.3, -0.25) is 0 Å². The molecule has 0 aliphatic heterocycles. The van der Waals surface area contributed by atoms with E-state index in [0.717, 1.165) is 10.0 Å². The lowest BCUT2D eigenvalue weighted by molar-refractivity contribution is 0.375. The van der Waals surface area contributed by atoms with Crippen molar-refractivity contribution >= 4 is 15.9 Å². The highest BCUT2D eigenvalue weighted by Gasteiger charge is 2.22. The van der Waals surface area contributed by atoms with Crippen LogP contribution in [0.1, 0.15) is 32.3 Å². The molecule has 16 heavy (non-hydrogen) atoms. The van der Waals surface area contributed by atoms with Crippen LogP contribution in [-0.2, 0) is 0 Å². The average Bonchev–Trinajstić information content (AvgIpc) is 2.17. The zero-order valence-electron chi connectivity index (χ0n) is 10.2. The maximum Gasteiger partial charge on any atom is 0.124 e. The minimum Gasteiger partial charge on any atom is -0.316 e. The molecule has 0 bridgehead atoms. The number of hydrogen-bond acceptors (Lipinski definition) is 1. The molecule has 3 heteroatoms. The van der Waals surface area contributed by atoms with Gasteiger partial charge in [-0.2, -0.15) is 0 Å². The van der Waals surface area contributed by atoms with Crippen LogP contribution < -0.4 is 5.32 Å². The standard InChI is InChI=1S/C13H19BrFN/c1-8(2)13(16-4)9(3)11-6-5-10(15)7-12(11)14/h5-9,13,16H,1-4H3. The fourth-order valence-electron chi connectivity index (χ4n) is 2.22. The van der Waals surface area contributed by atoms with E-state index in [1.165, 1.54) is 12.1 Å². The minimum absolute atomic E-state index is 0.201. The highest BCUT2D eigenvalue weighted by Crippen LogP contribution is 2.30. The van der Waals surface area contributed by atoms with Crippen molar-refractivity contribution in [1.29, 1.82) is 0 Å². The highest BCUT2D eigenvalue weighted by molar-refractivity contribution is 9.10. The van der Waals surface area contributed by atoms with Gasteiger partial charge < -0.3 is 5.32 Å². The van der Waals surface area contributed by atoms with Crippen LogP contribution >= 0.6 is 15.9 Å². The summed E-state index contributed by atoms with van der Waals surface area (Å²) in [5.41, 5.74) is 1.15. The van der Waals surface area contributed by atoms with E-state index in [1.54, 1.807) is 0 Å². The van der Waals surface area contributed by atoms with Gasteiger partial charge >= 0.3 is 0 Å². The van der Waals surface area contributed by atoms with E-state index in [9.17, 15) is 4.39 Å². The normalized spacial score (nSPS) is 15.2. The average molecular weight is 288 g/mol. The predicted octanol–water partition coefficient (Wildman–Crippen LogP) is 3.94. The Morgan fingerprint density at radius 1 is 1.25 bits per heavy atom. The summed E-state index contributed by atoms with van der Waals surface area (Å²) in [6.45, 7) is 6.54. The van der Waals surface area contributed by atoms with Gasteiger partial charge in [-0.1, -0.05) is 42.8 Å². The molecule has 1 N–H and O–H groups in total. The van der Waals surface area contributed by atoms with Crippen LogP contribution in [0.25, 0.3) is 0 Å². The second-order valence-electron chi connectivity index (χ2n) is 4.51. The van der Waals surface area contributed by atoms with Gasteiger partial charge in [-0.05, 0) is 36.6 Å². The van der Waals surface area contributed by atoms with Crippen molar-refractivity contribution in [3.05, 3.63) is 34.1 Å². The number of nitrogens with one attached hydrogen (secondary N) is 1. The summed E-state index contributed by atoms with van der Waals surface area (Å²) < 4.78 is 13.9. The Balaban J connectivity index is 2.99. The van der Waals surface area contributed by atoms with Crippen molar-refractivity contribution in [3.63, 3.8) is 0 Å². The topological polar surface area (TPSA) is 12.0 Å². The smallest absolute Gasteiger partial charge is 0.124 e. The zero-order valence-corrected chi connectivity index (χ0v) is 11.8. The first-order chi connectivity index (χ1) is 7.47. The minimum atomic E-state index is -0.201. The van der Waals surface area contributed by atoms with Gasteiger partial charge in [0, 0.05) is 10.5 Å². The fourth-order valence-corrected chi connectivity index (χ4v) is 2.94. The summed E-state index contributed by atoms with van der Waals surface area (Å²) in [5.74, 6) is 0.685. The largest absolute Gasteiger partial charge is 0.316 e. The third-order valence-electron chi connectivity index (χ3n) is 3.04. The predicted molar refractivity (Wildman–Crippen MR) is 70.2 cm³/mol. The van der Waals surface area contributed by atoms with Crippen molar-refractivity contribution in [2.24, 2.45) is 5.92 Å². The molecule has 0 amide bonds. The van der Waals surface area contributed by atoms with Crippen LogP contribution in [0.4, 0.5) is 4.39 Å². The lowest BCUT2D eigenvalue weighted by Crippen LogP contribution is -2.35. The maximum absolute atomic E-state index is 13.0. The van der Waals surface area contributed by atoms with Gasteiger partial charge in [0.2, 0.25) is 0 Å². The third kappa shape index (κ3) is 3.05. The summed E-state index contributed by atoms with van der Waals surface area (Å²) in [6, 6.07) is 5.29. The molecule has 1 rings (SSSR count). The second kappa shape index (κ2) is 5.78. The lowest BCUT2D eigenvalue weighted by Gasteiger charge is -2.28. The molecule has 0 saturated heterocycles. The van der Waals surface area contributed by atoms with E-state index < -0.39 is 0 Å². The molecule has 0 aliphatic rings. The molecule has 0 spiro atoms. The van der Waals surface area contributed by atoms with Crippen LogP contribution in [0, 0.1) is 11.7 Å². The van der Waals surface area contributed by atoms with Gasteiger partial charge in [0.25, 0.3) is 0 Å². The van der Waals surface area contributed by atoms with Crippen molar-refractivity contribution in [3.8, 4) is 0 Å². The van der Waals surface area contributed by atoms with Gasteiger partial charge in [0.15, 0.2) is 0 Å². The Hall–Kier alpha value is -0.410.